The zero-order chi connectivity index (χ0) is 19.7. The molecule has 1 aliphatic rings. The average Bonchev–Trinajstić information content (AvgIpc) is 2.68. The van der Waals surface area contributed by atoms with Crippen LogP contribution in [-0.2, 0) is 19.0 Å². The van der Waals surface area contributed by atoms with Crippen molar-refractivity contribution in [2.45, 2.75) is 31.5 Å². The van der Waals surface area contributed by atoms with Crippen molar-refractivity contribution in [1.29, 1.82) is 0 Å². The van der Waals surface area contributed by atoms with Gasteiger partial charge in [0.2, 0.25) is 0 Å². The standard InChI is InChI=1S/C20H18F3N5/c21-20(22,23)13-1-4-15(5-2-13)26-19-16-11-14(24)3-6-17(16)27-18(28-19)12-7-9-25-10-8-12/h1-2,4-5,7-10,14H,3,6,11,24H2,(H,26,27,28)/t14-/m0/s1. The molecule has 28 heavy (non-hydrogen) atoms. The maximum Gasteiger partial charge on any atom is 0.416 e. The zero-order valence-corrected chi connectivity index (χ0v) is 14.9. The van der Waals surface area contributed by atoms with Crippen LogP contribution in [0.5, 0.6) is 0 Å². The highest BCUT2D eigenvalue weighted by Crippen LogP contribution is 2.32. The fourth-order valence-electron chi connectivity index (χ4n) is 3.25. The maximum absolute atomic E-state index is 12.8. The van der Waals surface area contributed by atoms with Gasteiger partial charge in [0.25, 0.3) is 0 Å². The summed E-state index contributed by atoms with van der Waals surface area (Å²) in [5.74, 6) is 1.12. The van der Waals surface area contributed by atoms with Gasteiger partial charge in [-0.3, -0.25) is 4.98 Å². The van der Waals surface area contributed by atoms with E-state index in [1.165, 1.54) is 12.1 Å². The summed E-state index contributed by atoms with van der Waals surface area (Å²) in [4.78, 5) is 13.3. The van der Waals surface area contributed by atoms with Crippen molar-refractivity contribution >= 4 is 11.5 Å². The highest BCUT2D eigenvalue weighted by Gasteiger charge is 2.30. The third-order valence-electron chi connectivity index (χ3n) is 4.72. The molecule has 3 aromatic rings. The molecular weight excluding hydrogens is 367 g/mol. The fourth-order valence-corrected chi connectivity index (χ4v) is 3.25. The number of halogens is 3. The minimum atomic E-state index is -4.37. The molecule has 8 heteroatoms. The summed E-state index contributed by atoms with van der Waals surface area (Å²) in [6, 6.07) is 8.53. The number of alkyl halides is 3. The predicted molar refractivity (Wildman–Crippen MR) is 100.0 cm³/mol. The highest BCUT2D eigenvalue weighted by atomic mass is 19.4. The lowest BCUT2D eigenvalue weighted by Crippen LogP contribution is -2.29. The van der Waals surface area contributed by atoms with E-state index in [1.54, 1.807) is 12.4 Å². The third-order valence-corrected chi connectivity index (χ3v) is 4.72. The molecule has 3 N–H and O–H groups in total. The van der Waals surface area contributed by atoms with Crippen LogP contribution in [0.3, 0.4) is 0 Å². The maximum atomic E-state index is 12.8. The van der Waals surface area contributed by atoms with E-state index in [9.17, 15) is 13.2 Å². The fraction of sp³-hybridized carbons (Fsp3) is 0.250. The molecule has 0 fully saturated rings. The monoisotopic (exact) mass is 385 g/mol. The molecule has 1 aromatic carbocycles. The van der Waals surface area contributed by atoms with Crippen molar-refractivity contribution in [2.24, 2.45) is 5.73 Å². The molecule has 144 valence electrons. The van der Waals surface area contributed by atoms with E-state index < -0.39 is 11.7 Å². The van der Waals surface area contributed by atoms with Gasteiger partial charge in [-0.05, 0) is 55.7 Å². The molecule has 0 radical (unpaired) electrons. The van der Waals surface area contributed by atoms with Crippen LogP contribution < -0.4 is 11.1 Å². The summed E-state index contributed by atoms with van der Waals surface area (Å²) in [5, 5.41) is 3.15. The van der Waals surface area contributed by atoms with Crippen LogP contribution in [0.1, 0.15) is 23.2 Å². The van der Waals surface area contributed by atoms with E-state index in [0.29, 0.717) is 23.8 Å². The van der Waals surface area contributed by atoms with Crippen molar-refractivity contribution in [3.63, 3.8) is 0 Å². The molecule has 0 saturated heterocycles. The number of benzene rings is 1. The molecule has 1 aliphatic carbocycles. The number of aromatic nitrogens is 3. The number of fused-ring (bicyclic) bond motifs is 1. The Labute approximate surface area is 159 Å². The minimum absolute atomic E-state index is 0.0102. The van der Waals surface area contributed by atoms with Crippen molar-refractivity contribution in [3.8, 4) is 11.4 Å². The second-order valence-corrected chi connectivity index (χ2v) is 6.76. The summed E-state index contributed by atoms with van der Waals surface area (Å²) >= 11 is 0. The Bertz CT molecular complexity index is 972. The van der Waals surface area contributed by atoms with Crippen molar-refractivity contribution < 1.29 is 13.2 Å². The average molecular weight is 385 g/mol. The van der Waals surface area contributed by atoms with E-state index in [2.05, 4.69) is 20.3 Å². The van der Waals surface area contributed by atoms with Gasteiger partial charge in [-0.15, -0.1) is 0 Å². The van der Waals surface area contributed by atoms with Gasteiger partial charge in [-0.1, -0.05) is 0 Å². The number of nitrogens with two attached hydrogens (primary N) is 1. The Balaban J connectivity index is 1.72. The number of aryl methyl sites for hydroxylation is 1. The SMILES string of the molecule is N[C@H]1CCc2nc(-c3ccncc3)nc(Nc3ccc(C(F)(F)F)cc3)c2C1. The molecule has 1 atom stereocenters. The van der Waals surface area contributed by atoms with E-state index >= 15 is 0 Å². The Morgan fingerprint density at radius 3 is 2.39 bits per heavy atom. The Morgan fingerprint density at radius 2 is 1.71 bits per heavy atom. The van der Waals surface area contributed by atoms with Gasteiger partial charge in [0, 0.05) is 40.9 Å². The first-order chi connectivity index (χ1) is 13.4. The van der Waals surface area contributed by atoms with Gasteiger partial charge in [0.05, 0.1) is 5.56 Å². The molecule has 5 nitrogen and oxygen atoms in total. The molecule has 0 spiro atoms. The van der Waals surface area contributed by atoms with Crippen LogP contribution in [0.25, 0.3) is 11.4 Å². The lowest BCUT2D eigenvalue weighted by molar-refractivity contribution is -0.137. The predicted octanol–water partition coefficient (Wildman–Crippen LogP) is 4.12. The van der Waals surface area contributed by atoms with Crippen LogP contribution in [0.4, 0.5) is 24.7 Å². The highest BCUT2D eigenvalue weighted by molar-refractivity contribution is 5.65. The number of hydrogen-bond donors (Lipinski definition) is 2. The molecule has 0 unspecified atom stereocenters. The Kier molecular flexibility index (Phi) is 4.72. The normalized spacial score (nSPS) is 16.5. The molecule has 2 heterocycles. The second kappa shape index (κ2) is 7.20. The number of rotatable bonds is 3. The molecular formula is C20H18F3N5. The Hall–Kier alpha value is -3.00. The van der Waals surface area contributed by atoms with E-state index in [4.69, 9.17) is 5.73 Å². The minimum Gasteiger partial charge on any atom is -0.340 e. The molecule has 0 amide bonds. The molecule has 0 saturated carbocycles. The summed E-state index contributed by atoms with van der Waals surface area (Å²) < 4.78 is 38.4. The quantitative estimate of drug-likeness (QED) is 0.709. The van der Waals surface area contributed by atoms with E-state index in [-0.39, 0.29) is 6.04 Å². The number of nitrogens with zero attached hydrogens (tertiary/aromatic N) is 3. The second-order valence-electron chi connectivity index (χ2n) is 6.76. The van der Waals surface area contributed by atoms with Crippen molar-refractivity contribution in [3.05, 3.63) is 65.6 Å². The lowest BCUT2D eigenvalue weighted by atomic mass is 9.92. The first kappa shape index (κ1) is 18.4. The smallest absolute Gasteiger partial charge is 0.340 e. The summed E-state index contributed by atoms with van der Waals surface area (Å²) in [6.07, 6.45) is 1.15. The van der Waals surface area contributed by atoms with E-state index in [0.717, 1.165) is 41.8 Å². The van der Waals surface area contributed by atoms with Gasteiger partial charge in [0.1, 0.15) is 5.82 Å². The van der Waals surface area contributed by atoms with Crippen LogP contribution in [0, 0.1) is 0 Å². The van der Waals surface area contributed by atoms with Crippen LogP contribution in [0.15, 0.2) is 48.8 Å². The molecule has 0 aliphatic heterocycles. The summed E-state index contributed by atoms with van der Waals surface area (Å²) in [6.45, 7) is 0. The zero-order valence-electron chi connectivity index (χ0n) is 14.9. The molecule has 0 bridgehead atoms. The van der Waals surface area contributed by atoms with Gasteiger partial charge in [-0.2, -0.15) is 13.2 Å². The van der Waals surface area contributed by atoms with Crippen molar-refractivity contribution in [1.82, 2.24) is 15.0 Å². The Morgan fingerprint density at radius 1 is 1.00 bits per heavy atom. The summed E-state index contributed by atoms with van der Waals surface area (Å²) in [7, 11) is 0. The van der Waals surface area contributed by atoms with E-state index in [1.807, 2.05) is 12.1 Å². The molecule has 2 aromatic heterocycles. The van der Waals surface area contributed by atoms with Crippen LogP contribution >= 0.6 is 0 Å². The van der Waals surface area contributed by atoms with Crippen LogP contribution in [0.2, 0.25) is 0 Å². The lowest BCUT2D eigenvalue weighted by Gasteiger charge is -2.24. The van der Waals surface area contributed by atoms with Gasteiger partial charge >= 0.3 is 6.18 Å². The number of nitrogens with one attached hydrogen (secondary N) is 1. The topological polar surface area (TPSA) is 76.7 Å². The third kappa shape index (κ3) is 3.82. The largest absolute Gasteiger partial charge is 0.416 e. The number of anilines is 2. The van der Waals surface area contributed by atoms with Gasteiger partial charge in [-0.25, -0.2) is 9.97 Å². The molecule has 4 rings (SSSR count). The summed E-state index contributed by atoms with van der Waals surface area (Å²) in [5.41, 5.74) is 8.59. The van der Waals surface area contributed by atoms with Crippen molar-refractivity contribution in [2.75, 3.05) is 5.32 Å². The number of pyridine rings is 1. The van der Waals surface area contributed by atoms with Gasteiger partial charge in [0.15, 0.2) is 5.82 Å². The number of hydrogen-bond acceptors (Lipinski definition) is 5. The first-order valence-corrected chi connectivity index (χ1v) is 8.90. The van der Waals surface area contributed by atoms with Crippen LogP contribution in [-0.4, -0.2) is 21.0 Å². The first-order valence-electron chi connectivity index (χ1n) is 8.90. The van der Waals surface area contributed by atoms with Gasteiger partial charge < -0.3 is 11.1 Å².